The van der Waals surface area contributed by atoms with Crippen molar-refractivity contribution >= 4 is 16.9 Å². The van der Waals surface area contributed by atoms with Crippen LogP contribution in [-0.4, -0.2) is 17.6 Å². The first-order valence-corrected chi connectivity index (χ1v) is 7.23. The Hall–Kier alpha value is -1.81. The Balaban J connectivity index is 1.94. The fraction of sp³-hybridized carbons (Fsp3) is 0.471. The Kier molecular flexibility index (Phi) is 4.37. The second-order valence-electron chi connectivity index (χ2n) is 6.30. The highest BCUT2D eigenvalue weighted by atomic mass is 16.4. The van der Waals surface area contributed by atoms with Crippen LogP contribution in [0.1, 0.15) is 37.2 Å². The molecule has 1 heterocycles. The lowest BCUT2D eigenvalue weighted by molar-refractivity contribution is -0.147. The summed E-state index contributed by atoms with van der Waals surface area (Å²) in [5.41, 5.74) is 2.68. The molecule has 2 N–H and O–H groups in total. The van der Waals surface area contributed by atoms with Gasteiger partial charge in [0.1, 0.15) is 11.3 Å². The molecule has 0 aliphatic carbocycles. The Bertz CT molecular complexity index is 616. The van der Waals surface area contributed by atoms with Crippen LogP contribution < -0.4 is 5.32 Å². The second kappa shape index (κ2) is 5.90. The van der Waals surface area contributed by atoms with Crippen molar-refractivity contribution in [2.24, 2.45) is 5.41 Å². The van der Waals surface area contributed by atoms with E-state index in [0.29, 0.717) is 19.5 Å². The standard InChI is InChI=1S/C17H23NO3/c1-11-7-13-9-14(21-15(13)8-12(11)2)10-18-6-5-17(3,4)16(19)20/h7-9,18H,5-6,10H2,1-4H3,(H,19,20). The fourth-order valence-corrected chi connectivity index (χ4v) is 2.16. The Morgan fingerprint density at radius 3 is 2.57 bits per heavy atom. The van der Waals surface area contributed by atoms with Gasteiger partial charge in [-0.1, -0.05) is 0 Å². The summed E-state index contributed by atoms with van der Waals surface area (Å²) in [5, 5.41) is 13.4. The molecule has 0 saturated carbocycles. The number of hydrogen-bond acceptors (Lipinski definition) is 3. The summed E-state index contributed by atoms with van der Waals surface area (Å²) in [5.74, 6) is 0.113. The summed E-state index contributed by atoms with van der Waals surface area (Å²) in [4.78, 5) is 11.0. The van der Waals surface area contributed by atoms with Crippen molar-refractivity contribution in [2.75, 3.05) is 6.54 Å². The lowest BCUT2D eigenvalue weighted by atomic mass is 9.90. The van der Waals surface area contributed by atoms with Gasteiger partial charge < -0.3 is 14.8 Å². The molecule has 4 heteroatoms. The van der Waals surface area contributed by atoms with Gasteiger partial charge in [0.15, 0.2) is 0 Å². The quantitative estimate of drug-likeness (QED) is 0.797. The van der Waals surface area contributed by atoms with Crippen LogP contribution in [0.15, 0.2) is 22.6 Å². The third kappa shape index (κ3) is 3.64. The van der Waals surface area contributed by atoms with Crippen LogP contribution >= 0.6 is 0 Å². The molecule has 1 aromatic heterocycles. The van der Waals surface area contributed by atoms with Gasteiger partial charge >= 0.3 is 5.97 Å². The molecule has 0 radical (unpaired) electrons. The lowest BCUT2D eigenvalue weighted by Gasteiger charge is -2.18. The minimum Gasteiger partial charge on any atom is -0.481 e. The average Bonchev–Trinajstić information content (AvgIpc) is 2.77. The van der Waals surface area contributed by atoms with Crippen LogP contribution in [0.2, 0.25) is 0 Å². The van der Waals surface area contributed by atoms with Gasteiger partial charge in [0, 0.05) is 5.39 Å². The number of carbonyl (C=O) groups is 1. The van der Waals surface area contributed by atoms with Gasteiger partial charge in [-0.15, -0.1) is 0 Å². The summed E-state index contributed by atoms with van der Waals surface area (Å²) in [6.45, 7) is 8.90. The third-order valence-corrected chi connectivity index (χ3v) is 3.99. The van der Waals surface area contributed by atoms with E-state index >= 15 is 0 Å². The summed E-state index contributed by atoms with van der Waals surface area (Å²) in [7, 11) is 0. The third-order valence-electron chi connectivity index (χ3n) is 3.99. The zero-order chi connectivity index (χ0) is 15.6. The van der Waals surface area contributed by atoms with Crippen LogP contribution in [0, 0.1) is 19.3 Å². The zero-order valence-corrected chi connectivity index (χ0v) is 13.1. The van der Waals surface area contributed by atoms with E-state index in [-0.39, 0.29) is 0 Å². The van der Waals surface area contributed by atoms with Crippen molar-refractivity contribution in [1.82, 2.24) is 5.32 Å². The molecule has 0 bridgehead atoms. The van der Waals surface area contributed by atoms with E-state index in [4.69, 9.17) is 9.52 Å². The molecule has 0 unspecified atom stereocenters. The summed E-state index contributed by atoms with van der Waals surface area (Å²) >= 11 is 0. The molecule has 0 aliphatic heterocycles. The number of carboxylic acids is 1. The number of furan rings is 1. The number of benzene rings is 1. The monoisotopic (exact) mass is 289 g/mol. The SMILES string of the molecule is Cc1cc2cc(CNCCC(C)(C)C(=O)O)oc2cc1C. The number of aryl methyl sites for hydroxylation is 2. The van der Waals surface area contributed by atoms with Gasteiger partial charge in [0.05, 0.1) is 12.0 Å². The van der Waals surface area contributed by atoms with E-state index in [9.17, 15) is 4.79 Å². The number of aliphatic carboxylic acids is 1. The number of fused-ring (bicyclic) bond motifs is 1. The number of carboxylic acid groups (broad SMARTS) is 1. The van der Waals surface area contributed by atoms with Gasteiger partial charge in [-0.2, -0.15) is 0 Å². The largest absolute Gasteiger partial charge is 0.481 e. The molecule has 21 heavy (non-hydrogen) atoms. The average molecular weight is 289 g/mol. The predicted octanol–water partition coefficient (Wildman–Crippen LogP) is 3.64. The maximum atomic E-state index is 11.0. The van der Waals surface area contributed by atoms with Gasteiger partial charge in [-0.05, 0) is 70.0 Å². The minimum atomic E-state index is -0.765. The summed E-state index contributed by atoms with van der Waals surface area (Å²) in [6, 6.07) is 6.23. The van der Waals surface area contributed by atoms with Crippen LogP contribution in [0.5, 0.6) is 0 Å². The first kappa shape index (κ1) is 15.6. The van der Waals surface area contributed by atoms with Crippen molar-refractivity contribution in [3.8, 4) is 0 Å². The van der Waals surface area contributed by atoms with Crippen LogP contribution in [0.4, 0.5) is 0 Å². The minimum absolute atomic E-state index is 0.584. The fourth-order valence-electron chi connectivity index (χ4n) is 2.16. The number of hydrogen-bond donors (Lipinski definition) is 2. The predicted molar refractivity (Wildman–Crippen MR) is 83.4 cm³/mol. The maximum absolute atomic E-state index is 11.0. The highest BCUT2D eigenvalue weighted by Gasteiger charge is 2.26. The molecule has 2 rings (SSSR count). The van der Waals surface area contributed by atoms with Crippen molar-refractivity contribution in [3.63, 3.8) is 0 Å². The van der Waals surface area contributed by atoms with Crippen molar-refractivity contribution in [2.45, 2.75) is 40.7 Å². The molecule has 0 amide bonds. The Morgan fingerprint density at radius 1 is 1.24 bits per heavy atom. The van der Waals surface area contributed by atoms with Crippen molar-refractivity contribution < 1.29 is 14.3 Å². The normalized spacial score (nSPS) is 12.0. The van der Waals surface area contributed by atoms with E-state index in [1.54, 1.807) is 13.8 Å². The Labute approximate surface area is 125 Å². The molecule has 0 fully saturated rings. The second-order valence-corrected chi connectivity index (χ2v) is 6.30. The van der Waals surface area contributed by atoms with E-state index in [2.05, 4.69) is 31.3 Å². The topological polar surface area (TPSA) is 62.5 Å². The molecule has 0 saturated heterocycles. The van der Waals surface area contributed by atoms with Crippen molar-refractivity contribution in [3.05, 3.63) is 35.1 Å². The van der Waals surface area contributed by atoms with Gasteiger partial charge in [0.25, 0.3) is 0 Å². The van der Waals surface area contributed by atoms with Gasteiger partial charge in [-0.25, -0.2) is 0 Å². The molecule has 0 atom stereocenters. The molecule has 114 valence electrons. The first-order chi connectivity index (χ1) is 9.79. The highest BCUT2D eigenvalue weighted by Crippen LogP contribution is 2.23. The molecule has 0 aliphatic rings. The summed E-state index contributed by atoms with van der Waals surface area (Å²) in [6.07, 6.45) is 0.584. The van der Waals surface area contributed by atoms with E-state index in [1.807, 2.05) is 6.07 Å². The van der Waals surface area contributed by atoms with Crippen LogP contribution in [-0.2, 0) is 11.3 Å². The molecule has 1 aromatic carbocycles. The van der Waals surface area contributed by atoms with Crippen LogP contribution in [0.25, 0.3) is 11.0 Å². The van der Waals surface area contributed by atoms with E-state index < -0.39 is 11.4 Å². The van der Waals surface area contributed by atoms with Gasteiger partial charge in [-0.3, -0.25) is 4.79 Å². The number of nitrogens with one attached hydrogen (secondary N) is 1. The summed E-state index contributed by atoms with van der Waals surface area (Å²) < 4.78 is 5.80. The van der Waals surface area contributed by atoms with Gasteiger partial charge in [0.2, 0.25) is 0 Å². The molecule has 4 nitrogen and oxygen atoms in total. The Morgan fingerprint density at radius 2 is 1.90 bits per heavy atom. The smallest absolute Gasteiger partial charge is 0.309 e. The molecular formula is C17H23NO3. The molecule has 2 aromatic rings. The van der Waals surface area contributed by atoms with E-state index in [0.717, 1.165) is 16.7 Å². The highest BCUT2D eigenvalue weighted by molar-refractivity contribution is 5.79. The van der Waals surface area contributed by atoms with Crippen molar-refractivity contribution in [1.29, 1.82) is 0 Å². The zero-order valence-electron chi connectivity index (χ0n) is 13.1. The number of rotatable bonds is 6. The maximum Gasteiger partial charge on any atom is 0.309 e. The molecule has 0 spiro atoms. The van der Waals surface area contributed by atoms with E-state index in [1.165, 1.54) is 11.1 Å². The first-order valence-electron chi connectivity index (χ1n) is 7.23. The molecular weight excluding hydrogens is 266 g/mol. The van der Waals surface area contributed by atoms with Crippen LogP contribution in [0.3, 0.4) is 0 Å². The lowest BCUT2D eigenvalue weighted by Crippen LogP contribution is -2.28.